The standard InChI is InChI=1S/C4H7NO4.C4H6O4/c5-2(4(8)9)1-3(6)7;5-3(6)1-2-4(7)8/h2H,1,5H2,(H,6,7)(H,8,9);1-2H2,(H,5,6)(H,7,8)/p-4. The van der Waals surface area contributed by atoms with E-state index in [0.29, 0.717) is 0 Å². The lowest BCUT2D eigenvalue weighted by Crippen LogP contribution is -2.45. The van der Waals surface area contributed by atoms with Crippen LogP contribution in [0.15, 0.2) is 0 Å². The topological polar surface area (TPSA) is 187 Å². The van der Waals surface area contributed by atoms with Crippen molar-refractivity contribution in [3.05, 3.63) is 0 Å². The van der Waals surface area contributed by atoms with Gasteiger partial charge in [-0.25, -0.2) is 0 Å². The Balaban J connectivity index is 0. The molecule has 0 aliphatic rings. The predicted octanol–water partition coefficient (Wildman–Crippen LogP) is -6.53. The van der Waals surface area contributed by atoms with Crippen molar-refractivity contribution in [1.29, 1.82) is 0 Å². The highest BCUT2D eigenvalue weighted by Crippen LogP contribution is 1.82. The molecule has 0 heterocycles. The van der Waals surface area contributed by atoms with Gasteiger partial charge < -0.3 is 45.3 Å². The lowest BCUT2D eigenvalue weighted by molar-refractivity contribution is -0.316. The second-order valence-electron chi connectivity index (χ2n) is 2.75. The number of hydrogen-bond acceptors (Lipinski definition) is 9. The van der Waals surface area contributed by atoms with Gasteiger partial charge in [0.2, 0.25) is 0 Å². The van der Waals surface area contributed by atoms with Crippen LogP contribution in [0.3, 0.4) is 0 Å². The van der Waals surface area contributed by atoms with Gasteiger partial charge in [0.25, 0.3) is 0 Å². The van der Waals surface area contributed by atoms with Gasteiger partial charge in [0.15, 0.2) is 0 Å². The smallest absolute Gasteiger partial charge is 0.0586 e. The number of carbonyl (C=O) groups excluding carboxylic acids is 4. The first-order valence-corrected chi connectivity index (χ1v) is 4.22. The van der Waals surface area contributed by atoms with Crippen molar-refractivity contribution >= 4 is 23.9 Å². The summed E-state index contributed by atoms with van der Waals surface area (Å²) >= 11 is 0. The Morgan fingerprint density at radius 1 is 0.824 bits per heavy atom. The minimum atomic E-state index is -1.58. The van der Waals surface area contributed by atoms with E-state index in [4.69, 9.17) is 5.73 Å². The van der Waals surface area contributed by atoms with Gasteiger partial charge in [0, 0.05) is 30.4 Å². The average Bonchev–Trinajstić information content (AvgIpc) is 2.14. The van der Waals surface area contributed by atoms with Crippen LogP contribution in [0.2, 0.25) is 0 Å². The maximum absolute atomic E-state index is 9.71. The Bertz CT molecular complexity index is 286. The van der Waals surface area contributed by atoms with Gasteiger partial charge in [-0.15, -0.1) is 0 Å². The molecule has 0 aromatic heterocycles. The molecule has 0 aromatic rings. The Morgan fingerprint density at radius 2 is 1.18 bits per heavy atom. The van der Waals surface area contributed by atoms with Crippen LogP contribution in [0, 0.1) is 0 Å². The molecule has 0 aromatic carbocycles. The Hall–Kier alpha value is -2.16. The van der Waals surface area contributed by atoms with E-state index in [-0.39, 0.29) is 0 Å². The Morgan fingerprint density at radius 3 is 1.29 bits per heavy atom. The quantitative estimate of drug-likeness (QED) is 0.475. The summed E-state index contributed by atoms with van der Waals surface area (Å²) in [5.41, 5.74) is 4.73. The number of rotatable bonds is 6. The van der Waals surface area contributed by atoms with Crippen molar-refractivity contribution in [2.75, 3.05) is 0 Å². The first-order chi connectivity index (χ1) is 7.66. The maximum Gasteiger partial charge on any atom is 0.0586 e. The first kappa shape index (κ1) is 17.2. The third-order valence-corrected chi connectivity index (χ3v) is 1.22. The third-order valence-electron chi connectivity index (χ3n) is 1.22. The summed E-state index contributed by atoms with van der Waals surface area (Å²) in [6.07, 6.45) is -1.65. The Kier molecular flexibility index (Phi) is 9.22. The zero-order valence-electron chi connectivity index (χ0n) is 8.54. The van der Waals surface area contributed by atoms with Gasteiger partial charge >= 0.3 is 0 Å². The molecule has 0 saturated heterocycles. The second kappa shape index (κ2) is 9.09. The largest absolute Gasteiger partial charge is 0.550 e. The first-order valence-electron chi connectivity index (χ1n) is 4.22. The predicted molar refractivity (Wildman–Crippen MR) is 41.9 cm³/mol. The minimum absolute atomic E-state index is 0.470. The van der Waals surface area contributed by atoms with Crippen LogP contribution >= 0.6 is 0 Å². The molecule has 0 rings (SSSR count). The van der Waals surface area contributed by atoms with Crippen LogP contribution in [-0.2, 0) is 19.2 Å². The fourth-order valence-electron chi connectivity index (χ4n) is 0.467. The molecule has 0 saturated carbocycles. The van der Waals surface area contributed by atoms with Crippen molar-refractivity contribution < 1.29 is 39.6 Å². The number of hydrogen-bond donors (Lipinski definition) is 1. The zero-order valence-corrected chi connectivity index (χ0v) is 8.54. The molecule has 9 nitrogen and oxygen atoms in total. The molecule has 1 atom stereocenters. The Labute approximate surface area is 95.5 Å². The summed E-state index contributed by atoms with van der Waals surface area (Å²) in [6.45, 7) is 0. The van der Waals surface area contributed by atoms with Gasteiger partial charge in [0.05, 0.1) is 5.97 Å². The van der Waals surface area contributed by atoms with E-state index in [0.717, 1.165) is 0 Å². The van der Waals surface area contributed by atoms with Crippen molar-refractivity contribution in [3.8, 4) is 0 Å². The zero-order chi connectivity index (χ0) is 14.0. The molecule has 17 heavy (non-hydrogen) atoms. The van der Waals surface area contributed by atoms with E-state index in [1.54, 1.807) is 0 Å². The van der Waals surface area contributed by atoms with Crippen molar-refractivity contribution in [1.82, 2.24) is 0 Å². The molecule has 0 spiro atoms. The van der Waals surface area contributed by atoms with Crippen LogP contribution in [0.1, 0.15) is 19.3 Å². The SMILES string of the molecule is NC(CC(=O)[O-])C(=O)[O-].O=C([O-])CCC(=O)[O-]. The van der Waals surface area contributed by atoms with E-state index in [1.807, 2.05) is 0 Å². The molecule has 98 valence electrons. The van der Waals surface area contributed by atoms with Gasteiger partial charge in [-0.05, 0) is 12.8 Å². The van der Waals surface area contributed by atoms with E-state index < -0.39 is 49.2 Å². The molecule has 0 radical (unpaired) electrons. The monoisotopic (exact) mass is 247 g/mol. The van der Waals surface area contributed by atoms with Crippen LogP contribution < -0.4 is 26.2 Å². The summed E-state index contributed by atoms with van der Waals surface area (Å²) in [5, 5.41) is 38.3. The van der Waals surface area contributed by atoms with Crippen molar-refractivity contribution in [2.24, 2.45) is 5.73 Å². The van der Waals surface area contributed by atoms with Gasteiger partial charge in [-0.2, -0.15) is 0 Å². The summed E-state index contributed by atoms with van der Waals surface area (Å²) in [5.74, 6) is -5.81. The van der Waals surface area contributed by atoms with Crippen LogP contribution in [0.4, 0.5) is 0 Å². The van der Waals surface area contributed by atoms with E-state index in [2.05, 4.69) is 0 Å². The fourth-order valence-corrected chi connectivity index (χ4v) is 0.467. The third kappa shape index (κ3) is 16.5. The fraction of sp³-hybridized carbons (Fsp3) is 0.500. The molecule has 9 heteroatoms. The molecular formula is C8H9NO8-4. The summed E-state index contributed by atoms with van der Waals surface area (Å²) in [4.78, 5) is 38.3. The van der Waals surface area contributed by atoms with Gasteiger partial charge in [-0.1, -0.05) is 0 Å². The van der Waals surface area contributed by atoms with Crippen LogP contribution in [0.5, 0.6) is 0 Å². The minimum Gasteiger partial charge on any atom is -0.550 e. The number of carboxylic acid groups (broad SMARTS) is 4. The van der Waals surface area contributed by atoms with E-state index >= 15 is 0 Å². The van der Waals surface area contributed by atoms with Crippen LogP contribution in [0.25, 0.3) is 0 Å². The highest BCUT2D eigenvalue weighted by molar-refractivity contribution is 5.78. The summed E-state index contributed by atoms with van der Waals surface area (Å²) in [7, 11) is 0. The molecule has 0 amide bonds. The average molecular weight is 247 g/mol. The lowest BCUT2D eigenvalue weighted by Gasteiger charge is -2.11. The molecule has 1 unspecified atom stereocenters. The summed E-state index contributed by atoms with van der Waals surface area (Å²) in [6, 6.07) is -1.46. The summed E-state index contributed by atoms with van der Waals surface area (Å²) < 4.78 is 0. The molecule has 0 fully saturated rings. The van der Waals surface area contributed by atoms with Crippen molar-refractivity contribution in [2.45, 2.75) is 25.3 Å². The van der Waals surface area contributed by atoms with E-state index in [1.165, 1.54) is 0 Å². The van der Waals surface area contributed by atoms with E-state index in [9.17, 15) is 39.6 Å². The number of carboxylic acids is 4. The number of aliphatic carboxylic acids is 4. The maximum atomic E-state index is 9.71. The second-order valence-corrected chi connectivity index (χ2v) is 2.75. The normalized spacial score (nSPS) is 10.6. The van der Waals surface area contributed by atoms with Crippen LogP contribution in [-0.4, -0.2) is 29.9 Å². The highest BCUT2D eigenvalue weighted by atomic mass is 16.4. The lowest BCUT2D eigenvalue weighted by atomic mass is 10.2. The molecule has 0 aliphatic heterocycles. The van der Waals surface area contributed by atoms with Crippen molar-refractivity contribution in [3.63, 3.8) is 0 Å². The number of nitrogens with two attached hydrogens (primary N) is 1. The highest BCUT2D eigenvalue weighted by Gasteiger charge is 2.01. The van der Waals surface area contributed by atoms with Gasteiger partial charge in [-0.3, -0.25) is 0 Å². The molecule has 2 N–H and O–H groups in total. The molecular weight excluding hydrogens is 238 g/mol. The van der Waals surface area contributed by atoms with Gasteiger partial charge in [0.1, 0.15) is 0 Å². The molecule has 0 aliphatic carbocycles. The molecule has 0 bridgehead atoms. The number of carbonyl (C=O) groups is 4.